The largest absolute Gasteiger partial charge is 0.489 e. The molecule has 1 N–H and O–H groups in total. The van der Waals surface area contributed by atoms with Crippen molar-refractivity contribution in [3.63, 3.8) is 0 Å². The van der Waals surface area contributed by atoms with Crippen LogP contribution in [0.1, 0.15) is 19.4 Å². The molecule has 0 spiro atoms. The number of carbonyl (C=O) groups excluding carboxylic acids is 1. The Morgan fingerprint density at radius 2 is 1.91 bits per heavy atom. The average Bonchev–Trinajstić information content (AvgIpc) is 2.49. The molecular formula is C17H18BrNO3. The van der Waals surface area contributed by atoms with E-state index in [0.29, 0.717) is 11.4 Å². The highest BCUT2D eigenvalue weighted by Crippen LogP contribution is 2.29. The Hall–Kier alpha value is -2.01. The van der Waals surface area contributed by atoms with Gasteiger partial charge in [-0.15, -0.1) is 0 Å². The maximum absolute atomic E-state index is 11.9. The van der Waals surface area contributed by atoms with Crippen molar-refractivity contribution in [2.45, 2.75) is 26.6 Å². The Morgan fingerprint density at radius 1 is 1.18 bits per heavy atom. The van der Waals surface area contributed by atoms with E-state index in [1.165, 1.54) is 0 Å². The van der Waals surface area contributed by atoms with Crippen LogP contribution >= 0.6 is 15.9 Å². The lowest BCUT2D eigenvalue weighted by molar-refractivity contribution is 0.155. The van der Waals surface area contributed by atoms with Crippen LogP contribution in [0.3, 0.4) is 0 Å². The van der Waals surface area contributed by atoms with E-state index < -0.39 is 6.09 Å². The quantitative estimate of drug-likeness (QED) is 0.814. The number of carbonyl (C=O) groups is 1. The molecule has 2 rings (SSSR count). The molecule has 0 bridgehead atoms. The van der Waals surface area contributed by atoms with Gasteiger partial charge in [0.2, 0.25) is 0 Å². The zero-order chi connectivity index (χ0) is 15.9. The van der Waals surface area contributed by atoms with E-state index in [9.17, 15) is 4.79 Å². The Kier molecular flexibility index (Phi) is 5.83. The van der Waals surface area contributed by atoms with Gasteiger partial charge in [-0.25, -0.2) is 4.79 Å². The molecule has 0 radical (unpaired) electrons. The van der Waals surface area contributed by atoms with Gasteiger partial charge in [-0.2, -0.15) is 0 Å². The van der Waals surface area contributed by atoms with Crippen molar-refractivity contribution < 1.29 is 14.3 Å². The van der Waals surface area contributed by atoms with E-state index >= 15 is 0 Å². The Bertz CT molecular complexity index is 629. The van der Waals surface area contributed by atoms with Gasteiger partial charge in [-0.05, 0) is 37.6 Å². The maximum Gasteiger partial charge on any atom is 0.412 e. The molecule has 5 heteroatoms. The van der Waals surface area contributed by atoms with Crippen LogP contribution in [-0.4, -0.2) is 12.2 Å². The van der Waals surface area contributed by atoms with Crippen LogP contribution in [0.25, 0.3) is 0 Å². The number of hydrogen-bond acceptors (Lipinski definition) is 3. The van der Waals surface area contributed by atoms with Crippen LogP contribution in [0.5, 0.6) is 5.75 Å². The maximum atomic E-state index is 11.9. The first-order valence-corrected chi connectivity index (χ1v) is 7.78. The normalized spacial score (nSPS) is 10.4. The van der Waals surface area contributed by atoms with Crippen LogP contribution < -0.4 is 10.1 Å². The van der Waals surface area contributed by atoms with Crippen molar-refractivity contribution in [2.24, 2.45) is 0 Å². The van der Waals surface area contributed by atoms with Crippen molar-refractivity contribution in [3.05, 3.63) is 58.6 Å². The summed E-state index contributed by atoms with van der Waals surface area (Å²) in [5, 5.41) is 2.71. The van der Waals surface area contributed by atoms with E-state index in [0.717, 1.165) is 10.0 Å². The second-order valence-corrected chi connectivity index (χ2v) is 5.91. The van der Waals surface area contributed by atoms with Gasteiger partial charge < -0.3 is 9.47 Å². The first kappa shape index (κ1) is 16.4. The fourth-order valence-corrected chi connectivity index (χ4v) is 2.19. The van der Waals surface area contributed by atoms with Gasteiger partial charge in [0.15, 0.2) is 0 Å². The molecule has 0 saturated carbocycles. The number of nitrogens with one attached hydrogen (secondary N) is 1. The molecule has 0 unspecified atom stereocenters. The summed E-state index contributed by atoms with van der Waals surface area (Å²) >= 11 is 3.38. The van der Waals surface area contributed by atoms with Gasteiger partial charge in [0, 0.05) is 4.47 Å². The standard InChI is InChI=1S/C17H18BrNO3/c1-12(2)22-16-9-8-14(18)10-15(16)19-17(20)21-11-13-6-4-3-5-7-13/h3-10,12H,11H2,1-2H3,(H,19,20). The molecule has 22 heavy (non-hydrogen) atoms. The lowest BCUT2D eigenvalue weighted by Gasteiger charge is -2.15. The van der Waals surface area contributed by atoms with Crippen LogP contribution in [0, 0.1) is 0 Å². The summed E-state index contributed by atoms with van der Waals surface area (Å²) in [6, 6.07) is 15.0. The van der Waals surface area contributed by atoms with Crippen molar-refractivity contribution in [3.8, 4) is 5.75 Å². The molecule has 0 aromatic heterocycles. The minimum atomic E-state index is -0.518. The lowest BCUT2D eigenvalue weighted by Crippen LogP contribution is -2.15. The third kappa shape index (κ3) is 5.07. The van der Waals surface area contributed by atoms with E-state index in [2.05, 4.69) is 21.2 Å². The summed E-state index contributed by atoms with van der Waals surface area (Å²) in [7, 11) is 0. The molecule has 0 saturated heterocycles. The zero-order valence-corrected chi connectivity index (χ0v) is 14.1. The number of amides is 1. The third-order valence-electron chi connectivity index (χ3n) is 2.75. The summed E-state index contributed by atoms with van der Waals surface area (Å²) in [4.78, 5) is 11.9. The summed E-state index contributed by atoms with van der Waals surface area (Å²) in [5.41, 5.74) is 1.51. The molecule has 0 heterocycles. The highest BCUT2D eigenvalue weighted by Gasteiger charge is 2.11. The van der Waals surface area contributed by atoms with Crippen LogP contribution in [0.2, 0.25) is 0 Å². The van der Waals surface area contributed by atoms with Crippen LogP contribution in [0.15, 0.2) is 53.0 Å². The van der Waals surface area contributed by atoms with Crippen molar-refractivity contribution >= 4 is 27.7 Å². The number of ether oxygens (including phenoxy) is 2. The summed E-state index contributed by atoms with van der Waals surface area (Å²) in [6.07, 6.45) is -0.502. The molecule has 116 valence electrons. The van der Waals surface area contributed by atoms with Crippen molar-refractivity contribution in [2.75, 3.05) is 5.32 Å². The second kappa shape index (κ2) is 7.84. The number of benzene rings is 2. The monoisotopic (exact) mass is 363 g/mol. The number of anilines is 1. The predicted molar refractivity (Wildman–Crippen MR) is 90.2 cm³/mol. The van der Waals surface area contributed by atoms with Gasteiger partial charge in [-0.1, -0.05) is 46.3 Å². The van der Waals surface area contributed by atoms with E-state index in [1.807, 2.05) is 50.2 Å². The van der Waals surface area contributed by atoms with Gasteiger partial charge in [0.25, 0.3) is 0 Å². The molecule has 0 aliphatic heterocycles. The Labute approximate surface area is 138 Å². The van der Waals surface area contributed by atoms with Gasteiger partial charge >= 0.3 is 6.09 Å². The molecular weight excluding hydrogens is 346 g/mol. The molecule has 2 aromatic carbocycles. The molecule has 0 aliphatic carbocycles. The molecule has 4 nitrogen and oxygen atoms in total. The second-order valence-electron chi connectivity index (χ2n) is 4.99. The summed E-state index contributed by atoms with van der Waals surface area (Å²) in [6.45, 7) is 4.08. The Morgan fingerprint density at radius 3 is 2.59 bits per heavy atom. The number of halogens is 1. The summed E-state index contributed by atoms with van der Waals surface area (Å²) in [5.74, 6) is 0.606. The van der Waals surface area contributed by atoms with E-state index in [-0.39, 0.29) is 12.7 Å². The van der Waals surface area contributed by atoms with Gasteiger partial charge in [-0.3, -0.25) is 5.32 Å². The first-order valence-electron chi connectivity index (χ1n) is 6.98. The van der Waals surface area contributed by atoms with Crippen molar-refractivity contribution in [1.82, 2.24) is 0 Å². The zero-order valence-electron chi connectivity index (χ0n) is 12.5. The molecule has 2 aromatic rings. The van der Waals surface area contributed by atoms with E-state index in [4.69, 9.17) is 9.47 Å². The van der Waals surface area contributed by atoms with Crippen LogP contribution in [-0.2, 0) is 11.3 Å². The molecule has 1 amide bonds. The number of rotatable bonds is 5. The van der Waals surface area contributed by atoms with Crippen LogP contribution in [0.4, 0.5) is 10.5 Å². The fourth-order valence-electron chi connectivity index (χ4n) is 1.83. The molecule has 0 fully saturated rings. The minimum Gasteiger partial charge on any atom is -0.489 e. The molecule has 0 aliphatic rings. The number of hydrogen-bond donors (Lipinski definition) is 1. The van der Waals surface area contributed by atoms with E-state index in [1.54, 1.807) is 12.1 Å². The van der Waals surface area contributed by atoms with Crippen molar-refractivity contribution in [1.29, 1.82) is 0 Å². The summed E-state index contributed by atoms with van der Waals surface area (Å²) < 4.78 is 11.7. The smallest absolute Gasteiger partial charge is 0.412 e. The minimum absolute atomic E-state index is 0.0158. The SMILES string of the molecule is CC(C)Oc1ccc(Br)cc1NC(=O)OCc1ccccc1. The topological polar surface area (TPSA) is 47.6 Å². The predicted octanol–water partition coefficient (Wildman–Crippen LogP) is 4.99. The highest BCUT2D eigenvalue weighted by atomic mass is 79.9. The third-order valence-corrected chi connectivity index (χ3v) is 3.25. The highest BCUT2D eigenvalue weighted by molar-refractivity contribution is 9.10. The van der Waals surface area contributed by atoms with Gasteiger partial charge in [0.1, 0.15) is 12.4 Å². The first-order chi connectivity index (χ1) is 10.5. The lowest BCUT2D eigenvalue weighted by atomic mass is 10.2. The van der Waals surface area contributed by atoms with Gasteiger partial charge in [0.05, 0.1) is 11.8 Å². The fraction of sp³-hybridized carbons (Fsp3) is 0.235. The Balaban J connectivity index is 2.00. The average molecular weight is 364 g/mol. The molecule has 0 atom stereocenters.